The van der Waals surface area contributed by atoms with Crippen molar-refractivity contribution < 1.29 is 0 Å². The molecule has 2 heteroatoms. The van der Waals surface area contributed by atoms with Crippen molar-refractivity contribution in [3.05, 3.63) is 34.9 Å². The third-order valence-electron chi connectivity index (χ3n) is 3.40. The van der Waals surface area contributed by atoms with Crippen molar-refractivity contribution in [3.63, 3.8) is 0 Å². The molecular weight excluding hydrogens is 220 g/mol. The Balaban J connectivity index is 2.65. The van der Waals surface area contributed by atoms with Crippen LogP contribution in [0.2, 0.25) is 0 Å². The maximum absolute atomic E-state index is 3.44. The Morgan fingerprint density at radius 3 is 2.22 bits per heavy atom. The number of hydrogen-bond acceptors (Lipinski definition) is 2. The number of benzene rings is 1. The maximum Gasteiger partial charge on any atom is 0.0329 e. The molecule has 1 aromatic rings. The average Bonchev–Trinajstić information content (AvgIpc) is 2.29. The molecule has 0 radical (unpaired) electrons. The minimum atomic E-state index is 0.461. The van der Waals surface area contributed by atoms with Gasteiger partial charge in [-0.15, -0.1) is 0 Å². The second-order valence-corrected chi connectivity index (χ2v) is 5.35. The third-order valence-corrected chi connectivity index (χ3v) is 3.40. The van der Waals surface area contributed by atoms with Gasteiger partial charge in [-0.1, -0.05) is 36.2 Å². The van der Waals surface area contributed by atoms with Crippen LogP contribution < -0.4 is 5.32 Å². The van der Waals surface area contributed by atoms with Crippen molar-refractivity contribution in [2.45, 2.75) is 39.7 Å². The standard InChI is InChI=1S/C16H28N2/c1-6-8-18(5)9-7-16(17-4)15-11-13(2)10-14(3)12-15/h10-12,16-17H,6-9H2,1-5H3. The summed E-state index contributed by atoms with van der Waals surface area (Å²) < 4.78 is 0. The molecule has 0 saturated heterocycles. The Bertz CT molecular complexity index is 340. The molecule has 1 unspecified atom stereocenters. The van der Waals surface area contributed by atoms with E-state index >= 15 is 0 Å². The van der Waals surface area contributed by atoms with Gasteiger partial charge in [0, 0.05) is 6.04 Å². The lowest BCUT2D eigenvalue weighted by Gasteiger charge is -2.22. The van der Waals surface area contributed by atoms with Gasteiger partial charge >= 0.3 is 0 Å². The van der Waals surface area contributed by atoms with Gasteiger partial charge in [0.05, 0.1) is 0 Å². The van der Waals surface area contributed by atoms with Gasteiger partial charge in [0.15, 0.2) is 0 Å². The van der Waals surface area contributed by atoms with Gasteiger partial charge in [-0.3, -0.25) is 0 Å². The molecule has 1 aromatic carbocycles. The normalized spacial score (nSPS) is 13.0. The molecule has 0 bridgehead atoms. The van der Waals surface area contributed by atoms with E-state index in [1.54, 1.807) is 0 Å². The molecule has 0 fully saturated rings. The summed E-state index contributed by atoms with van der Waals surface area (Å²) in [7, 11) is 4.26. The Labute approximate surface area is 112 Å². The van der Waals surface area contributed by atoms with E-state index in [1.807, 2.05) is 0 Å². The third kappa shape index (κ3) is 4.79. The lowest BCUT2D eigenvalue weighted by Crippen LogP contribution is -2.26. The summed E-state index contributed by atoms with van der Waals surface area (Å²) >= 11 is 0. The van der Waals surface area contributed by atoms with Gasteiger partial charge in [0.1, 0.15) is 0 Å². The first-order chi connectivity index (χ1) is 8.56. The Hall–Kier alpha value is -0.860. The molecule has 0 aliphatic rings. The molecule has 0 aliphatic carbocycles. The van der Waals surface area contributed by atoms with Gasteiger partial charge in [-0.2, -0.15) is 0 Å². The first-order valence-corrected chi connectivity index (χ1v) is 7.00. The molecule has 2 nitrogen and oxygen atoms in total. The van der Waals surface area contributed by atoms with E-state index in [2.05, 4.69) is 63.3 Å². The molecule has 0 spiro atoms. The van der Waals surface area contributed by atoms with Gasteiger partial charge in [0.25, 0.3) is 0 Å². The van der Waals surface area contributed by atoms with Crippen LogP contribution in [0.3, 0.4) is 0 Å². The van der Waals surface area contributed by atoms with E-state index < -0.39 is 0 Å². The molecule has 0 heterocycles. The topological polar surface area (TPSA) is 15.3 Å². The zero-order valence-electron chi connectivity index (χ0n) is 12.6. The summed E-state index contributed by atoms with van der Waals surface area (Å²) in [6.07, 6.45) is 2.39. The van der Waals surface area contributed by atoms with E-state index in [1.165, 1.54) is 29.7 Å². The van der Waals surface area contributed by atoms with Gasteiger partial charge in [-0.05, 0) is 59.4 Å². The number of aryl methyl sites for hydroxylation is 2. The largest absolute Gasteiger partial charge is 0.313 e. The van der Waals surface area contributed by atoms with Crippen molar-refractivity contribution in [3.8, 4) is 0 Å². The van der Waals surface area contributed by atoms with Crippen LogP contribution in [-0.2, 0) is 0 Å². The van der Waals surface area contributed by atoms with Crippen LogP contribution in [0.15, 0.2) is 18.2 Å². The molecule has 102 valence electrons. The highest BCUT2D eigenvalue weighted by molar-refractivity contribution is 5.30. The Kier molecular flexibility index (Phi) is 6.37. The first-order valence-electron chi connectivity index (χ1n) is 7.00. The van der Waals surface area contributed by atoms with E-state index in [9.17, 15) is 0 Å². The van der Waals surface area contributed by atoms with Crippen LogP contribution in [0.4, 0.5) is 0 Å². The van der Waals surface area contributed by atoms with Crippen molar-refractivity contribution in [2.75, 3.05) is 27.2 Å². The molecule has 0 amide bonds. The van der Waals surface area contributed by atoms with Crippen LogP contribution in [0.5, 0.6) is 0 Å². The summed E-state index contributed by atoms with van der Waals surface area (Å²) in [6.45, 7) is 8.91. The Morgan fingerprint density at radius 2 is 1.72 bits per heavy atom. The quantitative estimate of drug-likeness (QED) is 0.796. The predicted octanol–water partition coefficient (Wildman–Crippen LogP) is 3.30. The van der Waals surface area contributed by atoms with Crippen LogP contribution in [0.25, 0.3) is 0 Å². The number of rotatable bonds is 7. The Morgan fingerprint density at radius 1 is 1.11 bits per heavy atom. The van der Waals surface area contributed by atoms with Gasteiger partial charge in [0.2, 0.25) is 0 Å². The summed E-state index contributed by atoms with van der Waals surface area (Å²) in [6, 6.07) is 7.30. The van der Waals surface area contributed by atoms with E-state index in [0.717, 1.165) is 13.0 Å². The summed E-state index contributed by atoms with van der Waals surface area (Å²) in [5.41, 5.74) is 4.12. The van der Waals surface area contributed by atoms with Crippen LogP contribution in [0, 0.1) is 13.8 Å². The van der Waals surface area contributed by atoms with E-state index in [0.29, 0.717) is 6.04 Å². The highest BCUT2D eigenvalue weighted by Crippen LogP contribution is 2.19. The number of nitrogens with one attached hydrogen (secondary N) is 1. The highest BCUT2D eigenvalue weighted by Gasteiger charge is 2.10. The molecule has 18 heavy (non-hydrogen) atoms. The fourth-order valence-corrected chi connectivity index (χ4v) is 2.53. The van der Waals surface area contributed by atoms with Crippen LogP contribution >= 0.6 is 0 Å². The molecule has 0 aliphatic heterocycles. The zero-order valence-corrected chi connectivity index (χ0v) is 12.6. The first kappa shape index (κ1) is 15.2. The smallest absolute Gasteiger partial charge is 0.0329 e. The van der Waals surface area contributed by atoms with Gasteiger partial charge < -0.3 is 10.2 Å². The second-order valence-electron chi connectivity index (χ2n) is 5.35. The second kappa shape index (κ2) is 7.55. The minimum absolute atomic E-state index is 0.461. The van der Waals surface area contributed by atoms with Crippen molar-refractivity contribution in [1.82, 2.24) is 10.2 Å². The van der Waals surface area contributed by atoms with Crippen LogP contribution in [-0.4, -0.2) is 32.1 Å². The molecule has 1 rings (SSSR count). The lowest BCUT2D eigenvalue weighted by molar-refractivity contribution is 0.311. The molecule has 0 saturated carbocycles. The molecule has 1 N–H and O–H groups in total. The lowest BCUT2D eigenvalue weighted by atomic mass is 9.99. The monoisotopic (exact) mass is 248 g/mol. The highest BCUT2D eigenvalue weighted by atomic mass is 15.1. The minimum Gasteiger partial charge on any atom is -0.313 e. The summed E-state index contributed by atoms with van der Waals surface area (Å²) in [5, 5.41) is 3.44. The predicted molar refractivity (Wildman–Crippen MR) is 80.1 cm³/mol. The SMILES string of the molecule is CCCN(C)CCC(NC)c1cc(C)cc(C)c1. The van der Waals surface area contributed by atoms with Crippen molar-refractivity contribution >= 4 is 0 Å². The van der Waals surface area contributed by atoms with E-state index in [-0.39, 0.29) is 0 Å². The molecule has 0 aromatic heterocycles. The maximum atomic E-state index is 3.44. The van der Waals surface area contributed by atoms with Crippen LogP contribution in [0.1, 0.15) is 42.5 Å². The fraction of sp³-hybridized carbons (Fsp3) is 0.625. The van der Waals surface area contributed by atoms with Crippen molar-refractivity contribution in [1.29, 1.82) is 0 Å². The fourth-order valence-electron chi connectivity index (χ4n) is 2.53. The number of nitrogens with zero attached hydrogens (tertiary/aromatic N) is 1. The van der Waals surface area contributed by atoms with E-state index in [4.69, 9.17) is 0 Å². The zero-order chi connectivity index (χ0) is 13.5. The number of hydrogen-bond donors (Lipinski definition) is 1. The van der Waals surface area contributed by atoms with Crippen molar-refractivity contribution in [2.24, 2.45) is 0 Å². The molecule has 1 atom stereocenters. The summed E-state index contributed by atoms with van der Waals surface area (Å²) in [5.74, 6) is 0. The average molecular weight is 248 g/mol. The summed E-state index contributed by atoms with van der Waals surface area (Å²) in [4.78, 5) is 2.41. The molecular formula is C16H28N2. The van der Waals surface area contributed by atoms with Gasteiger partial charge in [-0.25, -0.2) is 0 Å².